The highest BCUT2D eigenvalue weighted by atomic mass is 16.2. The molecule has 0 atom stereocenters. The number of nitrogens with zero attached hydrogens (tertiary/aromatic N) is 3. The first-order chi connectivity index (χ1) is 14.2. The van der Waals surface area contributed by atoms with E-state index in [9.17, 15) is 4.79 Å². The van der Waals surface area contributed by atoms with E-state index in [1.165, 1.54) is 5.56 Å². The van der Waals surface area contributed by atoms with Crippen LogP contribution in [0.5, 0.6) is 0 Å². The quantitative estimate of drug-likeness (QED) is 0.524. The number of aryl methyl sites for hydroxylation is 1. The number of carbonyl (C=O) groups excluding carboxylic acids is 1. The van der Waals surface area contributed by atoms with Crippen LogP contribution in [0.1, 0.15) is 16.7 Å². The summed E-state index contributed by atoms with van der Waals surface area (Å²) in [6, 6.07) is 23.8. The molecule has 0 fully saturated rings. The number of fused-ring (bicyclic) bond motifs is 1. The largest absolute Gasteiger partial charge is 0.321 e. The first-order valence-electron chi connectivity index (χ1n) is 9.40. The molecule has 1 N–H and O–H groups in total. The molecule has 1 aliphatic rings. The van der Waals surface area contributed by atoms with Gasteiger partial charge in [0.25, 0.3) is 5.91 Å². The average molecular weight is 378 g/mol. The lowest BCUT2D eigenvalue weighted by Crippen LogP contribution is -2.03. The van der Waals surface area contributed by atoms with Crippen molar-refractivity contribution in [1.29, 1.82) is 0 Å². The molecule has 2 heterocycles. The van der Waals surface area contributed by atoms with E-state index in [-0.39, 0.29) is 5.91 Å². The molecule has 29 heavy (non-hydrogen) atoms. The third-order valence-corrected chi connectivity index (χ3v) is 5.02. The van der Waals surface area contributed by atoms with Gasteiger partial charge in [-0.15, -0.1) is 5.10 Å². The number of hydrogen-bond acceptors (Lipinski definition) is 3. The zero-order valence-corrected chi connectivity index (χ0v) is 15.8. The second kappa shape index (κ2) is 6.87. The van der Waals surface area contributed by atoms with Crippen LogP contribution >= 0.6 is 0 Å². The van der Waals surface area contributed by atoms with Gasteiger partial charge in [-0.3, -0.25) is 4.79 Å². The van der Waals surface area contributed by atoms with Crippen LogP contribution in [0.2, 0.25) is 0 Å². The number of amides is 1. The van der Waals surface area contributed by atoms with E-state index in [2.05, 4.69) is 34.7 Å². The zero-order valence-electron chi connectivity index (χ0n) is 15.8. The number of anilines is 1. The molecule has 1 amide bonds. The number of hydrogen-bond donors (Lipinski definition) is 1. The Hall–Kier alpha value is -3.99. The fraction of sp³-hybridized carbons (Fsp3) is 0.0417. The highest BCUT2D eigenvalue weighted by Crippen LogP contribution is 2.32. The van der Waals surface area contributed by atoms with E-state index in [0.717, 1.165) is 33.8 Å². The molecule has 0 aliphatic carbocycles. The van der Waals surface area contributed by atoms with Crippen molar-refractivity contribution >= 4 is 23.2 Å². The highest BCUT2D eigenvalue weighted by Gasteiger charge is 2.23. The maximum absolute atomic E-state index is 12.3. The maximum Gasteiger partial charge on any atom is 0.256 e. The van der Waals surface area contributed by atoms with Gasteiger partial charge in [0, 0.05) is 22.4 Å². The van der Waals surface area contributed by atoms with Crippen molar-refractivity contribution in [2.24, 2.45) is 0 Å². The summed E-state index contributed by atoms with van der Waals surface area (Å²) in [6.07, 6.45) is 3.83. The molecule has 0 saturated heterocycles. The van der Waals surface area contributed by atoms with Crippen LogP contribution < -0.4 is 5.32 Å². The predicted molar refractivity (Wildman–Crippen MR) is 114 cm³/mol. The van der Waals surface area contributed by atoms with Gasteiger partial charge in [-0.2, -0.15) is 0 Å². The minimum atomic E-state index is -0.0729. The van der Waals surface area contributed by atoms with Gasteiger partial charge >= 0.3 is 0 Å². The molecule has 4 aromatic rings. The minimum Gasteiger partial charge on any atom is -0.321 e. The van der Waals surface area contributed by atoms with Crippen molar-refractivity contribution < 1.29 is 4.79 Å². The summed E-state index contributed by atoms with van der Waals surface area (Å²) in [7, 11) is 0. The van der Waals surface area contributed by atoms with Crippen LogP contribution in [0.3, 0.4) is 0 Å². The topological polar surface area (TPSA) is 59.8 Å². The Morgan fingerprint density at radius 3 is 2.48 bits per heavy atom. The van der Waals surface area contributed by atoms with Gasteiger partial charge in [-0.1, -0.05) is 65.4 Å². The van der Waals surface area contributed by atoms with Crippen molar-refractivity contribution in [1.82, 2.24) is 15.0 Å². The van der Waals surface area contributed by atoms with Gasteiger partial charge in [-0.25, -0.2) is 4.68 Å². The lowest BCUT2D eigenvalue weighted by Gasteiger charge is -2.01. The molecular formula is C24H18N4O. The van der Waals surface area contributed by atoms with Crippen LogP contribution in [0.4, 0.5) is 5.69 Å². The third kappa shape index (κ3) is 3.23. The van der Waals surface area contributed by atoms with Crippen molar-refractivity contribution in [2.75, 3.05) is 5.32 Å². The van der Waals surface area contributed by atoms with Crippen molar-refractivity contribution in [3.63, 3.8) is 0 Å². The van der Waals surface area contributed by atoms with E-state index in [1.54, 1.807) is 4.68 Å². The van der Waals surface area contributed by atoms with Crippen molar-refractivity contribution in [3.05, 3.63) is 95.7 Å². The SMILES string of the molecule is Cc1ccc(-n2cc(-c3ccc(/C=C4\C(=O)Nc5ccccc54)cc3)nn2)cc1. The Kier molecular flexibility index (Phi) is 4.06. The molecule has 1 aliphatic heterocycles. The minimum absolute atomic E-state index is 0.0729. The highest BCUT2D eigenvalue weighted by molar-refractivity contribution is 6.34. The summed E-state index contributed by atoms with van der Waals surface area (Å²) in [5.74, 6) is -0.0729. The van der Waals surface area contributed by atoms with E-state index in [0.29, 0.717) is 5.57 Å². The summed E-state index contributed by atoms with van der Waals surface area (Å²) >= 11 is 0. The first kappa shape index (κ1) is 17.1. The van der Waals surface area contributed by atoms with Gasteiger partial charge in [0.2, 0.25) is 0 Å². The Bertz CT molecular complexity index is 1230. The number of aromatic nitrogens is 3. The van der Waals surface area contributed by atoms with Crippen molar-refractivity contribution in [3.8, 4) is 16.9 Å². The molecule has 0 spiro atoms. The number of rotatable bonds is 3. The molecular weight excluding hydrogens is 360 g/mol. The van der Waals surface area contributed by atoms with Gasteiger partial charge in [0.05, 0.1) is 11.9 Å². The molecule has 0 bridgehead atoms. The molecule has 5 nitrogen and oxygen atoms in total. The molecule has 140 valence electrons. The molecule has 1 aromatic heterocycles. The van der Waals surface area contributed by atoms with Gasteiger partial charge in [0.1, 0.15) is 5.69 Å². The summed E-state index contributed by atoms with van der Waals surface area (Å²) in [6.45, 7) is 2.06. The summed E-state index contributed by atoms with van der Waals surface area (Å²) in [5, 5.41) is 11.4. The Balaban J connectivity index is 1.41. The number of para-hydroxylation sites is 1. The van der Waals surface area contributed by atoms with Crippen LogP contribution in [0, 0.1) is 6.92 Å². The van der Waals surface area contributed by atoms with E-state index >= 15 is 0 Å². The number of carbonyl (C=O) groups is 1. The standard InChI is InChI=1S/C24H18N4O/c1-16-6-12-19(13-7-16)28-15-23(26-27-28)18-10-8-17(9-11-18)14-21-20-4-2-3-5-22(20)25-24(21)29/h2-15H,1H3,(H,25,29)/b21-14-. The number of benzene rings is 3. The lowest BCUT2D eigenvalue weighted by atomic mass is 10.0. The van der Waals surface area contributed by atoms with Gasteiger partial charge < -0.3 is 5.32 Å². The third-order valence-electron chi connectivity index (χ3n) is 5.02. The molecule has 0 radical (unpaired) electrons. The van der Waals surface area contributed by atoms with Crippen LogP contribution in [-0.2, 0) is 4.79 Å². The molecule has 3 aromatic carbocycles. The summed E-state index contributed by atoms with van der Waals surface area (Å²) in [4.78, 5) is 12.3. The summed E-state index contributed by atoms with van der Waals surface area (Å²) in [5.41, 5.74) is 7.38. The first-order valence-corrected chi connectivity index (χ1v) is 9.40. The lowest BCUT2D eigenvalue weighted by molar-refractivity contribution is -0.110. The predicted octanol–water partition coefficient (Wildman–Crippen LogP) is 4.74. The Morgan fingerprint density at radius 2 is 1.69 bits per heavy atom. The maximum atomic E-state index is 12.3. The van der Waals surface area contributed by atoms with E-state index in [1.807, 2.05) is 72.9 Å². The second-order valence-electron chi connectivity index (χ2n) is 7.06. The average Bonchev–Trinajstić information content (AvgIpc) is 3.35. The second-order valence-corrected chi connectivity index (χ2v) is 7.06. The smallest absolute Gasteiger partial charge is 0.256 e. The van der Waals surface area contributed by atoms with E-state index in [4.69, 9.17) is 0 Å². The van der Waals surface area contributed by atoms with Crippen molar-refractivity contribution in [2.45, 2.75) is 6.92 Å². The Labute approximate surface area is 168 Å². The van der Waals surface area contributed by atoms with Crippen LogP contribution in [-0.4, -0.2) is 20.9 Å². The molecule has 5 heteroatoms. The van der Waals surface area contributed by atoms with Gasteiger partial charge in [0.15, 0.2) is 0 Å². The number of nitrogens with one attached hydrogen (secondary N) is 1. The fourth-order valence-electron chi connectivity index (χ4n) is 3.42. The van der Waals surface area contributed by atoms with Crippen LogP contribution in [0.15, 0.2) is 79.0 Å². The molecule has 5 rings (SSSR count). The normalized spacial score (nSPS) is 14.1. The Morgan fingerprint density at radius 1 is 0.931 bits per heavy atom. The van der Waals surface area contributed by atoms with Gasteiger partial charge in [-0.05, 0) is 36.8 Å². The summed E-state index contributed by atoms with van der Waals surface area (Å²) < 4.78 is 1.77. The fourth-order valence-corrected chi connectivity index (χ4v) is 3.42. The molecule has 0 unspecified atom stereocenters. The monoisotopic (exact) mass is 378 g/mol. The van der Waals surface area contributed by atoms with Crippen LogP contribution in [0.25, 0.3) is 28.6 Å². The van der Waals surface area contributed by atoms with E-state index < -0.39 is 0 Å². The molecule has 0 saturated carbocycles. The zero-order chi connectivity index (χ0) is 19.8.